The van der Waals surface area contributed by atoms with Gasteiger partial charge in [0.2, 0.25) is 0 Å². The first kappa shape index (κ1) is 19.5. The summed E-state index contributed by atoms with van der Waals surface area (Å²) in [6.07, 6.45) is 2.58. The van der Waals surface area contributed by atoms with Crippen molar-refractivity contribution in [2.24, 2.45) is 0 Å². The number of nitrogens with one attached hydrogen (secondary N) is 1. The minimum absolute atomic E-state index is 0.0553. The Morgan fingerprint density at radius 2 is 2.00 bits per heavy atom. The summed E-state index contributed by atoms with van der Waals surface area (Å²) in [6.45, 7) is 1.83. The maximum absolute atomic E-state index is 13.2. The number of aryl methyl sites for hydroxylation is 1. The van der Waals surface area contributed by atoms with Crippen LogP contribution >= 0.6 is 11.6 Å². The van der Waals surface area contributed by atoms with E-state index in [0.717, 1.165) is 18.5 Å². The van der Waals surface area contributed by atoms with E-state index in [0.29, 0.717) is 45.3 Å². The van der Waals surface area contributed by atoms with Crippen molar-refractivity contribution >= 4 is 44.1 Å². The van der Waals surface area contributed by atoms with Crippen LogP contribution in [0.15, 0.2) is 30.3 Å². The molecule has 0 radical (unpaired) electrons. The van der Waals surface area contributed by atoms with E-state index in [-0.39, 0.29) is 23.5 Å². The van der Waals surface area contributed by atoms with Gasteiger partial charge in [-0.15, -0.1) is 0 Å². The molecule has 2 aliphatic rings. The predicted molar refractivity (Wildman–Crippen MR) is 116 cm³/mol. The minimum Gasteiger partial charge on any atom is -0.321 e. The zero-order valence-corrected chi connectivity index (χ0v) is 18.0. The Hall–Kier alpha value is -2.45. The summed E-state index contributed by atoms with van der Waals surface area (Å²) in [5, 5.41) is 8.62. The van der Waals surface area contributed by atoms with E-state index in [9.17, 15) is 13.2 Å². The zero-order chi connectivity index (χ0) is 21.0. The number of sulfone groups is 1. The largest absolute Gasteiger partial charge is 0.321 e. The van der Waals surface area contributed by atoms with E-state index < -0.39 is 9.84 Å². The summed E-state index contributed by atoms with van der Waals surface area (Å²) in [5.74, 6) is 0.260. The SMILES string of the molecule is Cc1nn([C@H]2CCS(=O)(=O)C2)c2nc(C3CC3)cc(C(=O)Nc3ccccc3Cl)c12. The van der Waals surface area contributed by atoms with E-state index in [1.54, 1.807) is 22.9 Å². The van der Waals surface area contributed by atoms with Crippen molar-refractivity contribution in [1.82, 2.24) is 14.8 Å². The average Bonchev–Trinajstić information content (AvgIpc) is 3.42. The number of halogens is 1. The molecule has 1 aliphatic heterocycles. The monoisotopic (exact) mass is 444 g/mol. The molecule has 1 saturated heterocycles. The molecule has 7 nitrogen and oxygen atoms in total. The lowest BCUT2D eigenvalue weighted by Gasteiger charge is -2.12. The highest BCUT2D eigenvalue weighted by molar-refractivity contribution is 7.91. The number of nitrogens with zero attached hydrogens (tertiary/aromatic N) is 3. The molecule has 3 heterocycles. The Kier molecular flexibility index (Phi) is 4.59. The maximum atomic E-state index is 13.2. The van der Waals surface area contributed by atoms with Crippen molar-refractivity contribution in [3.05, 3.63) is 52.3 Å². The lowest BCUT2D eigenvalue weighted by Crippen LogP contribution is -2.15. The second kappa shape index (κ2) is 7.06. The predicted octanol–water partition coefficient (Wildman–Crippen LogP) is 3.88. The third-order valence-corrected chi connectivity index (χ3v) is 7.85. The summed E-state index contributed by atoms with van der Waals surface area (Å²) >= 11 is 6.21. The van der Waals surface area contributed by atoms with Crippen LogP contribution in [0.25, 0.3) is 11.0 Å². The van der Waals surface area contributed by atoms with Crippen LogP contribution in [0.1, 0.15) is 53.0 Å². The van der Waals surface area contributed by atoms with Gasteiger partial charge in [0.25, 0.3) is 5.91 Å². The third-order valence-electron chi connectivity index (χ3n) is 5.77. The van der Waals surface area contributed by atoms with Crippen molar-refractivity contribution in [2.75, 3.05) is 16.8 Å². The number of benzene rings is 1. The molecule has 0 spiro atoms. The Morgan fingerprint density at radius 1 is 1.23 bits per heavy atom. The average molecular weight is 445 g/mol. The van der Waals surface area contributed by atoms with Crippen LogP contribution in [0.5, 0.6) is 0 Å². The Bertz CT molecular complexity index is 1280. The topological polar surface area (TPSA) is 93.9 Å². The lowest BCUT2D eigenvalue weighted by molar-refractivity contribution is 0.102. The second-order valence-electron chi connectivity index (χ2n) is 8.09. The molecule has 1 N–H and O–H groups in total. The summed E-state index contributed by atoms with van der Waals surface area (Å²) in [5.41, 5.74) is 3.13. The Labute approximate surface area is 179 Å². The number of anilines is 1. The first-order valence-electron chi connectivity index (χ1n) is 9.98. The highest BCUT2D eigenvalue weighted by Gasteiger charge is 2.34. The number of carbonyl (C=O) groups excluding carboxylic acids is 1. The lowest BCUT2D eigenvalue weighted by atomic mass is 10.1. The van der Waals surface area contributed by atoms with Gasteiger partial charge in [-0.05, 0) is 44.4 Å². The molecule has 156 valence electrons. The third kappa shape index (κ3) is 3.48. The van der Waals surface area contributed by atoms with Gasteiger partial charge < -0.3 is 5.32 Å². The molecule has 2 fully saturated rings. The molecule has 1 atom stereocenters. The van der Waals surface area contributed by atoms with Crippen LogP contribution in [-0.4, -0.2) is 40.6 Å². The summed E-state index contributed by atoms with van der Waals surface area (Å²) < 4.78 is 25.7. The van der Waals surface area contributed by atoms with E-state index in [2.05, 4.69) is 10.4 Å². The molecule has 30 heavy (non-hydrogen) atoms. The number of amides is 1. The highest BCUT2D eigenvalue weighted by Crippen LogP contribution is 2.41. The van der Waals surface area contributed by atoms with Crippen LogP contribution in [0.2, 0.25) is 5.02 Å². The number of aromatic nitrogens is 3. The molecule has 5 rings (SSSR count). The van der Waals surface area contributed by atoms with Crippen LogP contribution in [0, 0.1) is 6.92 Å². The van der Waals surface area contributed by atoms with E-state index in [4.69, 9.17) is 16.6 Å². The molecule has 0 bridgehead atoms. The van der Waals surface area contributed by atoms with Crippen LogP contribution in [0.3, 0.4) is 0 Å². The van der Waals surface area contributed by atoms with Gasteiger partial charge in [-0.3, -0.25) is 4.79 Å². The van der Waals surface area contributed by atoms with Gasteiger partial charge >= 0.3 is 0 Å². The number of rotatable bonds is 4. The van der Waals surface area contributed by atoms with Gasteiger partial charge in [0.15, 0.2) is 15.5 Å². The van der Waals surface area contributed by atoms with Crippen molar-refractivity contribution < 1.29 is 13.2 Å². The molecule has 1 saturated carbocycles. The van der Waals surface area contributed by atoms with Gasteiger partial charge in [-0.2, -0.15) is 5.10 Å². The molecule has 0 unspecified atom stereocenters. The van der Waals surface area contributed by atoms with Crippen molar-refractivity contribution in [1.29, 1.82) is 0 Å². The van der Waals surface area contributed by atoms with E-state index in [1.807, 2.05) is 19.1 Å². The molecule has 9 heteroatoms. The fourth-order valence-electron chi connectivity index (χ4n) is 4.07. The number of hydrogen-bond donors (Lipinski definition) is 1. The second-order valence-corrected chi connectivity index (χ2v) is 10.7. The van der Waals surface area contributed by atoms with E-state index in [1.165, 1.54) is 0 Å². The van der Waals surface area contributed by atoms with Gasteiger partial charge in [0.05, 0.1) is 44.9 Å². The quantitative estimate of drug-likeness (QED) is 0.658. The Balaban J connectivity index is 1.63. The number of hydrogen-bond acceptors (Lipinski definition) is 5. The minimum atomic E-state index is -3.07. The van der Waals surface area contributed by atoms with Gasteiger partial charge in [-0.1, -0.05) is 23.7 Å². The van der Waals surface area contributed by atoms with Gasteiger partial charge in [0, 0.05) is 11.6 Å². The maximum Gasteiger partial charge on any atom is 0.256 e. The summed E-state index contributed by atoms with van der Waals surface area (Å²) in [7, 11) is -3.07. The molecule has 1 aromatic carbocycles. The van der Waals surface area contributed by atoms with E-state index >= 15 is 0 Å². The number of carbonyl (C=O) groups is 1. The van der Waals surface area contributed by atoms with Gasteiger partial charge in [-0.25, -0.2) is 18.1 Å². The molecule has 1 amide bonds. The fourth-order valence-corrected chi connectivity index (χ4v) is 5.95. The fraction of sp³-hybridized carbons (Fsp3) is 0.381. The van der Waals surface area contributed by atoms with Crippen LogP contribution in [0.4, 0.5) is 5.69 Å². The standard InChI is InChI=1S/C21H21ClN4O3S/c1-12-19-15(21(27)24-17-5-3-2-4-16(17)22)10-18(13-6-7-13)23-20(19)26(25-12)14-8-9-30(28,29)11-14/h2-5,10,13-14H,6-9,11H2,1H3,(H,24,27)/t14-/m0/s1. The number of fused-ring (bicyclic) bond motifs is 1. The van der Waals surface area contributed by atoms with Gasteiger partial charge in [0.1, 0.15) is 0 Å². The summed E-state index contributed by atoms with van der Waals surface area (Å²) in [6, 6.07) is 8.67. The van der Waals surface area contributed by atoms with Crippen molar-refractivity contribution in [3.8, 4) is 0 Å². The smallest absolute Gasteiger partial charge is 0.256 e. The zero-order valence-electron chi connectivity index (χ0n) is 16.4. The molecule has 3 aromatic rings. The first-order chi connectivity index (χ1) is 14.3. The van der Waals surface area contributed by atoms with Crippen molar-refractivity contribution in [2.45, 2.75) is 38.1 Å². The van der Waals surface area contributed by atoms with Crippen molar-refractivity contribution in [3.63, 3.8) is 0 Å². The molecular weight excluding hydrogens is 424 g/mol. The highest BCUT2D eigenvalue weighted by atomic mass is 35.5. The summed E-state index contributed by atoms with van der Waals surface area (Å²) in [4.78, 5) is 18.0. The number of pyridine rings is 1. The molecule has 2 aromatic heterocycles. The molecule has 1 aliphatic carbocycles. The molecular formula is C21H21ClN4O3S. The van der Waals surface area contributed by atoms with Crippen LogP contribution < -0.4 is 5.32 Å². The van der Waals surface area contributed by atoms with Crippen LogP contribution in [-0.2, 0) is 9.84 Å². The normalized spacial score (nSPS) is 20.5. The first-order valence-corrected chi connectivity index (χ1v) is 12.2. The number of para-hydroxylation sites is 1. The Morgan fingerprint density at radius 3 is 2.67 bits per heavy atom.